The van der Waals surface area contributed by atoms with E-state index >= 15 is 0 Å². The first-order valence-corrected chi connectivity index (χ1v) is 17.4. The van der Waals surface area contributed by atoms with Crippen LogP contribution in [0.1, 0.15) is 30.9 Å². The van der Waals surface area contributed by atoms with Gasteiger partial charge in [0.1, 0.15) is 25.8 Å². The summed E-state index contributed by atoms with van der Waals surface area (Å²) in [5.41, 5.74) is 1.82. The van der Waals surface area contributed by atoms with E-state index in [4.69, 9.17) is 21.1 Å². The van der Waals surface area contributed by atoms with Gasteiger partial charge in [0, 0.05) is 30.6 Å². The summed E-state index contributed by atoms with van der Waals surface area (Å²) >= 11 is 6.16. The number of sulfonamides is 1. The second-order valence-corrected chi connectivity index (χ2v) is 13.4. The molecule has 0 bridgehead atoms. The van der Waals surface area contributed by atoms with Crippen LogP contribution in [0.4, 0.5) is 5.69 Å². The molecule has 9 nitrogen and oxygen atoms in total. The summed E-state index contributed by atoms with van der Waals surface area (Å²) in [5.74, 6) is -0.00788. The molecule has 11 heteroatoms. The van der Waals surface area contributed by atoms with Gasteiger partial charge < -0.3 is 19.7 Å². The van der Waals surface area contributed by atoms with Gasteiger partial charge in [0.05, 0.1) is 10.6 Å². The predicted molar refractivity (Wildman–Crippen MR) is 182 cm³/mol. The standard InChI is InChI=1S/C36H38ClN3O6S/c1-2-3-20-38-36(42)32(23-27-10-6-4-7-11-27)39(25-28-14-16-29(37)17-15-28)35(41)26-40(47(43,44)31-12-8-5-9-13-31)30-18-19-33-34(24-30)46-22-21-45-33/h4-19,24,32H,2-3,20-23,25-26H2,1H3,(H,38,42). The van der Waals surface area contributed by atoms with Crippen LogP contribution in [0, 0.1) is 0 Å². The molecule has 5 rings (SSSR count). The number of amides is 2. The Kier molecular flexibility index (Phi) is 11.4. The maximum absolute atomic E-state index is 14.6. The van der Waals surface area contributed by atoms with E-state index in [9.17, 15) is 18.0 Å². The minimum atomic E-state index is -4.24. The second-order valence-electron chi connectivity index (χ2n) is 11.2. The Balaban J connectivity index is 1.56. The van der Waals surface area contributed by atoms with Gasteiger partial charge in [-0.1, -0.05) is 85.6 Å². The lowest BCUT2D eigenvalue weighted by atomic mass is 10.0. The Labute approximate surface area is 281 Å². The van der Waals surface area contributed by atoms with Crippen LogP contribution in [-0.4, -0.2) is 57.5 Å². The Morgan fingerprint density at radius 3 is 2.19 bits per heavy atom. The van der Waals surface area contributed by atoms with Gasteiger partial charge in [-0.25, -0.2) is 8.42 Å². The van der Waals surface area contributed by atoms with Crippen LogP contribution in [-0.2, 0) is 32.6 Å². The van der Waals surface area contributed by atoms with E-state index in [0.717, 1.165) is 28.3 Å². The lowest BCUT2D eigenvalue weighted by Crippen LogP contribution is -2.53. The first kappa shape index (κ1) is 33.8. The van der Waals surface area contributed by atoms with Crippen molar-refractivity contribution in [1.29, 1.82) is 0 Å². The van der Waals surface area contributed by atoms with E-state index in [1.807, 2.05) is 37.3 Å². The molecular formula is C36H38ClN3O6S. The number of halogens is 1. The van der Waals surface area contributed by atoms with Crippen LogP contribution in [0.25, 0.3) is 0 Å². The quantitative estimate of drug-likeness (QED) is 0.168. The zero-order valence-electron chi connectivity index (χ0n) is 26.2. The van der Waals surface area contributed by atoms with E-state index < -0.39 is 28.5 Å². The number of nitrogens with zero attached hydrogens (tertiary/aromatic N) is 2. The van der Waals surface area contributed by atoms with Crippen molar-refractivity contribution >= 4 is 39.1 Å². The normalized spacial score (nSPS) is 13.0. The molecule has 0 aromatic heterocycles. The number of unbranched alkanes of at least 4 members (excludes halogenated alkanes) is 1. The van der Waals surface area contributed by atoms with Crippen molar-refractivity contribution in [3.63, 3.8) is 0 Å². The van der Waals surface area contributed by atoms with Crippen LogP contribution < -0.4 is 19.1 Å². The number of ether oxygens (including phenoxy) is 2. The molecule has 0 aliphatic carbocycles. The summed E-state index contributed by atoms with van der Waals surface area (Å²) in [6.45, 7) is 2.65. The lowest BCUT2D eigenvalue weighted by molar-refractivity contribution is -0.140. The largest absolute Gasteiger partial charge is 0.486 e. The van der Waals surface area contributed by atoms with E-state index in [2.05, 4.69) is 5.32 Å². The summed E-state index contributed by atoms with van der Waals surface area (Å²) in [6, 6.07) is 28.2. The molecule has 0 saturated heterocycles. The van der Waals surface area contributed by atoms with Crippen molar-refractivity contribution in [3.05, 3.63) is 119 Å². The number of fused-ring (bicyclic) bond motifs is 1. The van der Waals surface area contributed by atoms with Gasteiger partial charge in [-0.05, 0) is 53.9 Å². The van der Waals surface area contributed by atoms with Gasteiger partial charge in [-0.2, -0.15) is 0 Å². The third-order valence-electron chi connectivity index (χ3n) is 7.79. The van der Waals surface area contributed by atoms with Gasteiger partial charge >= 0.3 is 0 Å². The molecule has 4 aromatic rings. The van der Waals surface area contributed by atoms with Crippen LogP contribution in [0.3, 0.4) is 0 Å². The van der Waals surface area contributed by atoms with Crippen molar-refractivity contribution in [2.75, 3.05) is 30.6 Å². The molecular weight excluding hydrogens is 638 g/mol. The third kappa shape index (κ3) is 8.64. The van der Waals surface area contributed by atoms with Crippen molar-refractivity contribution in [2.24, 2.45) is 0 Å². The molecule has 1 aliphatic rings. The molecule has 1 N–H and O–H groups in total. The van der Waals surface area contributed by atoms with Crippen molar-refractivity contribution in [3.8, 4) is 11.5 Å². The zero-order chi connectivity index (χ0) is 33.2. The molecule has 0 fully saturated rings. The van der Waals surface area contributed by atoms with Crippen LogP contribution in [0.15, 0.2) is 108 Å². The highest BCUT2D eigenvalue weighted by Gasteiger charge is 2.35. The molecule has 0 radical (unpaired) electrons. The van der Waals surface area contributed by atoms with E-state index in [1.165, 1.54) is 17.0 Å². The number of rotatable bonds is 14. The summed E-state index contributed by atoms with van der Waals surface area (Å²) in [5, 5.41) is 3.52. The summed E-state index contributed by atoms with van der Waals surface area (Å²) < 4.78 is 40.9. The maximum Gasteiger partial charge on any atom is 0.264 e. The fourth-order valence-corrected chi connectivity index (χ4v) is 6.84. The average Bonchev–Trinajstić information content (AvgIpc) is 3.10. The highest BCUT2D eigenvalue weighted by atomic mass is 35.5. The first-order chi connectivity index (χ1) is 22.8. The minimum absolute atomic E-state index is 0.0186. The molecule has 47 heavy (non-hydrogen) atoms. The van der Waals surface area contributed by atoms with E-state index in [-0.39, 0.29) is 29.5 Å². The Hall–Kier alpha value is -4.54. The molecule has 1 aliphatic heterocycles. The van der Waals surface area contributed by atoms with Crippen LogP contribution >= 0.6 is 11.6 Å². The van der Waals surface area contributed by atoms with Crippen LogP contribution in [0.5, 0.6) is 11.5 Å². The monoisotopic (exact) mass is 675 g/mol. The van der Waals surface area contributed by atoms with Gasteiger partial charge in [0.15, 0.2) is 11.5 Å². The summed E-state index contributed by atoms with van der Waals surface area (Å²) in [6.07, 6.45) is 1.90. The molecule has 0 spiro atoms. The SMILES string of the molecule is CCCCNC(=O)C(Cc1ccccc1)N(Cc1ccc(Cl)cc1)C(=O)CN(c1ccc2c(c1)OCCO2)S(=O)(=O)c1ccccc1. The van der Waals surface area contributed by atoms with Gasteiger partial charge in [-0.3, -0.25) is 13.9 Å². The maximum atomic E-state index is 14.6. The van der Waals surface area contributed by atoms with Gasteiger partial charge in [0.2, 0.25) is 11.8 Å². The lowest BCUT2D eigenvalue weighted by Gasteiger charge is -2.34. The number of nitrogens with one attached hydrogen (secondary N) is 1. The highest BCUT2D eigenvalue weighted by molar-refractivity contribution is 7.92. The van der Waals surface area contributed by atoms with Crippen molar-refractivity contribution in [2.45, 2.75) is 43.7 Å². The van der Waals surface area contributed by atoms with Crippen LogP contribution in [0.2, 0.25) is 5.02 Å². The zero-order valence-corrected chi connectivity index (χ0v) is 27.8. The molecule has 1 heterocycles. The number of carbonyl (C=O) groups is 2. The van der Waals surface area contributed by atoms with Crippen molar-refractivity contribution in [1.82, 2.24) is 10.2 Å². The molecule has 2 amide bonds. The Morgan fingerprint density at radius 1 is 0.851 bits per heavy atom. The number of benzene rings is 4. The number of anilines is 1. The van der Waals surface area contributed by atoms with Gasteiger partial charge in [0.25, 0.3) is 10.0 Å². The fourth-order valence-electron chi connectivity index (χ4n) is 5.28. The highest BCUT2D eigenvalue weighted by Crippen LogP contribution is 2.36. The van der Waals surface area contributed by atoms with E-state index in [0.29, 0.717) is 36.3 Å². The fraction of sp³-hybridized carbons (Fsp3) is 0.278. The molecule has 246 valence electrons. The second kappa shape index (κ2) is 15.8. The Bertz CT molecular complexity index is 1750. The smallest absolute Gasteiger partial charge is 0.264 e. The topological polar surface area (TPSA) is 105 Å². The minimum Gasteiger partial charge on any atom is -0.486 e. The summed E-state index contributed by atoms with van der Waals surface area (Å²) in [7, 11) is -4.24. The van der Waals surface area contributed by atoms with Crippen molar-refractivity contribution < 1.29 is 27.5 Å². The first-order valence-electron chi connectivity index (χ1n) is 15.6. The van der Waals surface area contributed by atoms with E-state index in [1.54, 1.807) is 60.7 Å². The number of hydrogen-bond donors (Lipinski definition) is 1. The predicted octanol–water partition coefficient (Wildman–Crippen LogP) is 5.86. The Morgan fingerprint density at radius 2 is 1.51 bits per heavy atom. The molecule has 0 saturated carbocycles. The third-order valence-corrected chi connectivity index (χ3v) is 9.83. The van der Waals surface area contributed by atoms with Gasteiger partial charge in [-0.15, -0.1) is 0 Å². The molecule has 1 unspecified atom stereocenters. The number of carbonyl (C=O) groups excluding carboxylic acids is 2. The summed E-state index contributed by atoms with van der Waals surface area (Å²) in [4.78, 5) is 29.9. The molecule has 1 atom stereocenters. The number of hydrogen-bond acceptors (Lipinski definition) is 6. The average molecular weight is 676 g/mol. The molecule has 4 aromatic carbocycles.